The highest BCUT2D eigenvalue weighted by Gasteiger charge is 2.23. The molecule has 1 aliphatic heterocycles. The summed E-state index contributed by atoms with van der Waals surface area (Å²) in [7, 11) is 0. The van der Waals surface area contributed by atoms with Gasteiger partial charge >= 0.3 is 0 Å². The molecule has 1 aliphatic rings. The van der Waals surface area contributed by atoms with Gasteiger partial charge in [0.25, 0.3) is 5.91 Å². The van der Waals surface area contributed by atoms with Crippen molar-refractivity contribution in [3.05, 3.63) is 23.9 Å². The number of aromatic nitrogens is 1. The molecule has 4 heteroatoms. The fourth-order valence-corrected chi connectivity index (χ4v) is 2.89. The van der Waals surface area contributed by atoms with Crippen LogP contribution in [0.1, 0.15) is 56.3 Å². The Morgan fingerprint density at radius 2 is 2.05 bits per heavy atom. The van der Waals surface area contributed by atoms with E-state index in [4.69, 9.17) is 0 Å². The summed E-state index contributed by atoms with van der Waals surface area (Å²) < 4.78 is 0. The van der Waals surface area contributed by atoms with Gasteiger partial charge in [0.15, 0.2) is 0 Å². The summed E-state index contributed by atoms with van der Waals surface area (Å²) in [6.07, 6.45) is 7.58. The van der Waals surface area contributed by atoms with Gasteiger partial charge in [0, 0.05) is 25.8 Å². The molecular weight excluding hydrogens is 262 g/mol. The van der Waals surface area contributed by atoms with Crippen LogP contribution in [0.4, 0.5) is 5.82 Å². The molecule has 4 nitrogen and oxygen atoms in total. The highest BCUT2D eigenvalue weighted by Crippen LogP contribution is 2.22. The standard InChI is InChI=1S/C17H27N3O/c1-3-5-14-8-11-20(12-9-14)17(21)15-6-7-16(19-13-15)18-10-4-2/h6-7,13-14H,3-5,8-12H2,1-2H3,(H,18,19). The Bertz CT molecular complexity index is 436. The second kappa shape index (κ2) is 8.01. The van der Waals surface area contributed by atoms with Gasteiger partial charge in [-0.1, -0.05) is 26.7 Å². The van der Waals surface area contributed by atoms with E-state index in [9.17, 15) is 4.79 Å². The van der Waals surface area contributed by atoms with Crippen molar-refractivity contribution in [3.63, 3.8) is 0 Å². The third-order valence-corrected chi connectivity index (χ3v) is 4.17. The predicted molar refractivity (Wildman–Crippen MR) is 86.6 cm³/mol. The van der Waals surface area contributed by atoms with Gasteiger partial charge in [0.2, 0.25) is 0 Å². The van der Waals surface area contributed by atoms with E-state index in [0.29, 0.717) is 5.56 Å². The van der Waals surface area contributed by atoms with Crippen LogP contribution in [0.15, 0.2) is 18.3 Å². The van der Waals surface area contributed by atoms with Crippen LogP contribution in [0.25, 0.3) is 0 Å². The van der Waals surface area contributed by atoms with E-state index in [1.165, 1.54) is 12.8 Å². The van der Waals surface area contributed by atoms with E-state index >= 15 is 0 Å². The zero-order valence-corrected chi connectivity index (χ0v) is 13.3. The number of carbonyl (C=O) groups is 1. The molecule has 0 unspecified atom stereocenters. The Hall–Kier alpha value is -1.58. The van der Waals surface area contributed by atoms with Gasteiger partial charge < -0.3 is 10.2 Å². The molecule has 0 spiro atoms. The SMILES string of the molecule is CCCNc1ccc(C(=O)N2CCC(CCC)CC2)cn1. The van der Waals surface area contributed by atoms with Crippen LogP contribution in [0.2, 0.25) is 0 Å². The molecule has 1 aromatic heterocycles. The highest BCUT2D eigenvalue weighted by atomic mass is 16.2. The molecular formula is C17H27N3O. The molecule has 0 bridgehead atoms. The van der Waals surface area contributed by atoms with E-state index in [0.717, 1.165) is 50.6 Å². The van der Waals surface area contributed by atoms with Crippen molar-refractivity contribution in [2.75, 3.05) is 25.0 Å². The first kappa shape index (κ1) is 15.8. The molecule has 1 aromatic rings. The van der Waals surface area contributed by atoms with Gasteiger partial charge in [-0.2, -0.15) is 0 Å². The van der Waals surface area contributed by atoms with E-state index in [1.54, 1.807) is 6.20 Å². The Morgan fingerprint density at radius 1 is 1.29 bits per heavy atom. The molecule has 1 saturated heterocycles. The first-order chi connectivity index (χ1) is 10.2. The number of piperidine rings is 1. The summed E-state index contributed by atoms with van der Waals surface area (Å²) in [5.74, 6) is 1.77. The van der Waals surface area contributed by atoms with Crippen LogP contribution in [-0.2, 0) is 0 Å². The predicted octanol–water partition coefficient (Wildman–Crippen LogP) is 3.56. The monoisotopic (exact) mass is 289 g/mol. The minimum atomic E-state index is 0.125. The smallest absolute Gasteiger partial charge is 0.255 e. The van der Waals surface area contributed by atoms with Gasteiger partial charge in [-0.3, -0.25) is 4.79 Å². The molecule has 2 rings (SSSR count). The van der Waals surface area contributed by atoms with Crippen LogP contribution in [0, 0.1) is 5.92 Å². The first-order valence-corrected chi connectivity index (χ1v) is 8.23. The number of rotatable bonds is 6. The average molecular weight is 289 g/mol. The summed E-state index contributed by atoms with van der Waals surface area (Å²) in [5.41, 5.74) is 0.700. The van der Waals surface area contributed by atoms with Crippen molar-refractivity contribution in [2.45, 2.75) is 46.0 Å². The second-order valence-corrected chi connectivity index (χ2v) is 5.88. The third kappa shape index (κ3) is 4.45. The summed E-state index contributed by atoms with van der Waals surface area (Å²) >= 11 is 0. The molecule has 21 heavy (non-hydrogen) atoms. The lowest BCUT2D eigenvalue weighted by Crippen LogP contribution is -2.38. The molecule has 116 valence electrons. The molecule has 1 fully saturated rings. The van der Waals surface area contributed by atoms with Crippen LogP contribution >= 0.6 is 0 Å². The number of anilines is 1. The zero-order valence-electron chi connectivity index (χ0n) is 13.3. The number of nitrogens with zero attached hydrogens (tertiary/aromatic N) is 2. The van der Waals surface area contributed by atoms with Gasteiger partial charge in [-0.25, -0.2) is 4.98 Å². The van der Waals surface area contributed by atoms with Crippen molar-refractivity contribution < 1.29 is 4.79 Å². The zero-order chi connectivity index (χ0) is 15.1. The Kier molecular flexibility index (Phi) is 6.03. The quantitative estimate of drug-likeness (QED) is 0.871. The molecule has 1 N–H and O–H groups in total. The van der Waals surface area contributed by atoms with Gasteiger partial charge in [-0.15, -0.1) is 0 Å². The normalized spacial score (nSPS) is 16.0. The highest BCUT2D eigenvalue weighted by molar-refractivity contribution is 5.94. The van der Waals surface area contributed by atoms with Gasteiger partial charge in [-0.05, 0) is 37.3 Å². The number of pyridine rings is 1. The lowest BCUT2D eigenvalue weighted by molar-refractivity contribution is 0.0686. The van der Waals surface area contributed by atoms with E-state index in [-0.39, 0.29) is 5.91 Å². The second-order valence-electron chi connectivity index (χ2n) is 5.88. The number of amides is 1. The minimum absolute atomic E-state index is 0.125. The molecule has 0 radical (unpaired) electrons. The van der Waals surface area contributed by atoms with Crippen LogP contribution in [-0.4, -0.2) is 35.4 Å². The number of likely N-dealkylation sites (tertiary alicyclic amines) is 1. The lowest BCUT2D eigenvalue weighted by Gasteiger charge is -2.32. The van der Waals surface area contributed by atoms with E-state index in [1.807, 2.05) is 17.0 Å². The molecule has 2 heterocycles. The molecule has 0 aromatic carbocycles. The maximum Gasteiger partial charge on any atom is 0.255 e. The van der Waals surface area contributed by atoms with E-state index < -0.39 is 0 Å². The maximum atomic E-state index is 12.5. The van der Waals surface area contributed by atoms with Crippen molar-refractivity contribution in [3.8, 4) is 0 Å². The number of hydrogen-bond acceptors (Lipinski definition) is 3. The van der Waals surface area contributed by atoms with Gasteiger partial charge in [0.1, 0.15) is 5.82 Å². The first-order valence-electron chi connectivity index (χ1n) is 8.23. The summed E-state index contributed by atoms with van der Waals surface area (Å²) in [6, 6.07) is 3.78. The topological polar surface area (TPSA) is 45.2 Å². The van der Waals surface area contributed by atoms with Crippen molar-refractivity contribution in [2.24, 2.45) is 5.92 Å². The Morgan fingerprint density at radius 3 is 2.62 bits per heavy atom. The summed E-state index contributed by atoms with van der Waals surface area (Å²) in [6.45, 7) is 7.04. The molecule has 1 amide bonds. The van der Waals surface area contributed by atoms with Crippen molar-refractivity contribution in [1.82, 2.24) is 9.88 Å². The van der Waals surface area contributed by atoms with E-state index in [2.05, 4.69) is 24.1 Å². The molecule has 0 aliphatic carbocycles. The Balaban J connectivity index is 1.88. The number of hydrogen-bond donors (Lipinski definition) is 1. The van der Waals surface area contributed by atoms with Crippen molar-refractivity contribution >= 4 is 11.7 Å². The third-order valence-electron chi connectivity index (χ3n) is 4.17. The lowest BCUT2D eigenvalue weighted by atomic mass is 9.92. The number of nitrogens with one attached hydrogen (secondary N) is 1. The number of carbonyl (C=O) groups excluding carboxylic acids is 1. The fraction of sp³-hybridized carbons (Fsp3) is 0.647. The van der Waals surface area contributed by atoms with Crippen LogP contribution < -0.4 is 5.32 Å². The Labute approximate surface area is 127 Å². The minimum Gasteiger partial charge on any atom is -0.370 e. The molecule has 0 saturated carbocycles. The molecule has 0 atom stereocenters. The van der Waals surface area contributed by atoms with Gasteiger partial charge in [0.05, 0.1) is 5.56 Å². The van der Waals surface area contributed by atoms with Crippen LogP contribution in [0.3, 0.4) is 0 Å². The summed E-state index contributed by atoms with van der Waals surface area (Å²) in [4.78, 5) is 18.7. The van der Waals surface area contributed by atoms with Crippen molar-refractivity contribution in [1.29, 1.82) is 0 Å². The largest absolute Gasteiger partial charge is 0.370 e. The van der Waals surface area contributed by atoms with Crippen LogP contribution in [0.5, 0.6) is 0 Å². The fourth-order valence-electron chi connectivity index (χ4n) is 2.89. The maximum absolute atomic E-state index is 12.5. The summed E-state index contributed by atoms with van der Waals surface area (Å²) in [5, 5.41) is 3.22. The average Bonchev–Trinajstić information content (AvgIpc) is 2.54.